The average Bonchev–Trinajstić information content (AvgIpc) is 2.91. The zero-order valence-electron chi connectivity index (χ0n) is 12.3. The van der Waals surface area contributed by atoms with Gasteiger partial charge >= 0.3 is 0 Å². The quantitative estimate of drug-likeness (QED) is 0.851. The molecule has 2 rings (SSSR count). The highest BCUT2D eigenvalue weighted by Crippen LogP contribution is 2.27. The number of benzene rings is 1. The Morgan fingerprint density at radius 1 is 1.38 bits per heavy atom. The van der Waals surface area contributed by atoms with Gasteiger partial charge in [0.25, 0.3) is 0 Å². The van der Waals surface area contributed by atoms with Crippen molar-refractivity contribution in [3.05, 3.63) is 30.2 Å². The molecule has 21 heavy (non-hydrogen) atoms. The van der Waals surface area contributed by atoms with Gasteiger partial charge in [-0.3, -0.25) is 4.79 Å². The summed E-state index contributed by atoms with van der Waals surface area (Å²) in [6.45, 7) is 4.09. The Balaban J connectivity index is 2.23. The number of aryl methyl sites for hydroxylation is 1. The highest BCUT2D eigenvalue weighted by Gasteiger charge is 2.18. The molecule has 1 aromatic carbocycles. The molecule has 6 heteroatoms. The van der Waals surface area contributed by atoms with Crippen LogP contribution in [0.1, 0.15) is 25.7 Å². The lowest BCUT2D eigenvalue weighted by molar-refractivity contribution is -0.119. The van der Waals surface area contributed by atoms with Gasteiger partial charge in [-0.25, -0.2) is 0 Å². The first-order valence-corrected chi connectivity index (χ1v) is 7.06. The van der Waals surface area contributed by atoms with Gasteiger partial charge in [-0.05, 0) is 18.6 Å². The Hall–Kier alpha value is -2.21. The van der Waals surface area contributed by atoms with Crippen molar-refractivity contribution in [2.75, 3.05) is 11.9 Å². The summed E-state index contributed by atoms with van der Waals surface area (Å²) in [7, 11) is 0. The first kappa shape index (κ1) is 15.2. The fourth-order valence-corrected chi connectivity index (χ4v) is 2.12. The molecule has 0 aliphatic heterocycles. The smallest absolute Gasteiger partial charge is 0.249 e. The van der Waals surface area contributed by atoms with Gasteiger partial charge in [-0.1, -0.05) is 25.5 Å². The van der Waals surface area contributed by atoms with Crippen molar-refractivity contribution < 1.29 is 9.21 Å². The van der Waals surface area contributed by atoms with Crippen LogP contribution in [0.2, 0.25) is 0 Å². The summed E-state index contributed by atoms with van der Waals surface area (Å²) in [5.74, 6) is 0.607. The maximum absolute atomic E-state index is 12.3. The van der Waals surface area contributed by atoms with Gasteiger partial charge in [0.1, 0.15) is 0 Å². The van der Waals surface area contributed by atoms with E-state index in [1.54, 1.807) is 6.92 Å². The van der Waals surface area contributed by atoms with Crippen molar-refractivity contribution in [2.24, 2.45) is 11.7 Å². The maximum Gasteiger partial charge on any atom is 0.249 e. The minimum absolute atomic E-state index is 0.0805. The van der Waals surface area contributed by atoms with Gasteiger partial charge in [0.2, 0.25) is 17.7 Å². The van der Waals surface area contributed by atoms with E-state index in [1.807, 2.05) is 31.2 Å². The minimum atomic E-state index is -0.188. The summed E-state index contributed by atoms with van der Waals surface area (Å²) < 4.78 is 5.43. The van der Waals surface area contributed by atoms with E-state index < -0.39 is 0 Å². The zero-order valence-corrected chi connectivity index (χ0v) is 12.3. The fraction of sp³-hybridized carbons (Fsp3) is 0.400. The van der Waals surface area contributed by atoms with Gasteiger partial charge < -0.3 is 15.5 Å². The third kappa shape index (κ3) is 3.66. The number of nitrogens with two attached hydrogens (primary N) is 1. The number of nitrogens with one attached hydrogen (secondary N) is 1. The first-order chi connectivity index (χ1) is 10.2. The number of para-hydroxylation sites is 1. The molecule has 0 bridgehead atoms. The van der Waals surface area contributed by atoms with Gasteiger partial charge in [-0.15, -0.1) is 10.2 Å². The monoisotopic (exact) mass is 288 g/mol. The average molecular weight is 288 g/mol. The van der Waals surface area contributed by atoms with Crippen molar-refractivity contribution in [2.45, 2.75) is 26.7 Å². The lowest BCUT2D eigenvalue weighted by atomic mass is 10.0. The number of rotatable bonds is 6. The molecule has 1 amide bonds. The van der Waals surface area contributed by atoms with Gasteiger partial charge in [-0.2, -0.15) is 0 Å². The molecule has 3 N–H and O–H groups in total. The second-order valence-corrected chi connectivity index (χ2v) is 4.88. The predicted octanol–water partition coefficient (Wildman–Crippen LogP) is 2.36. The third-order valence-electron chi connectivity index (χ3n) is 3.23. The number of hydrogen-bond donors (Lipinski definition) is 2. The largest absolute Gasteiger partial charge is 0.421 e. The van der Waals surface area contributed by atoms with Crippen LogP contribution in [0.5, 0.6) is 0 Å². The first-order valence-electron chi connectivity index (χ1n) is 7.06. The Kier molecular flexibility index (Phi) is 5.05. The number of aromatic nitrogens is 2. The summed E-state index contributed by atoms with van der Waals surface area (Å²) in [6.07, 6.45) is 1.68. The molecule has 1 unspecified atom stereocenters. The van der Waals surface area contributed by atoms with Crippen molar-refractivity contribution in [3.63, 3.8) is 0 Å². The third-order valence-corrected chi connectivity index (χ3v) is 3.23. The molecule has 0 fully saturated rings. The van der Waals surface area contributed by atoms with Crippen LogP contribution in [0.15, 0.2) is 28.7 Å². The highest BCUT2D eigenvalue weighted by atomic mass is 16.4. The van der Waals surface area contributed by atoms with Crippen molar-refractivity contribution >= 4 is 11.6 Å². The summed E-state index contributed by atoms with van der Waals surface area (Å²) in [4.78, 5) is 12.3. The van der Waals surface area contributed by atoms with Crippen LogP contribution in [0, 0.1) is 12.8 Å². The van der Waals surface area contributed by atoms with Gasteiger partial charge in [0.15, 0.2) is 0 Å². The van der Waals surface area contributed by atoms with Crippen molar-refractivity contribution in [1.82, 2.24) is 10.2 Å². The number of nitrogens with zero attached hydrogens (tertiary/aromatic N) is 2. The zero-order chi connectivity index (χ0) is 15.2. The van der Waals surface area contributed by atoms with E-state index >= 15 is 0 Å². The number of hydrogen-bond acceptors (Lipinski definition) is 5. The summed E-state index contributed by atoms with van der Waals surface area (Å²) >= 11 is 0. The molecule has 0 aliphatic carbocycles. The Morgan fingerprint density at radius 2 is 2.14 bits per heavy atom. The number of carbonyl (C=O) groups is 1. The second kappa shape index (κ2) is 6.99. The number of amides is 1. The number of anilines is 1. The summed E-state index contributed by atoms with van der Waals surface area (Å²) in [6, 6.07) is 7.35. The van der Waals surface area contributed by atoms with E-state index in [9.17, 15) is 4.79 Å². The molecule has 0 spiro atoms. The molecule has 1 atom stereocenters. The molecular weight excluding hydrogens is 268 g/mol. The lowest BCUT2D eigenvalue weighted by Crippen LogP contribution is -2.29. The predicted molar refractivity (Wildman–Crippen MR) is 80.6 cm³/mol. The van der Waals surface area contributed by atoms with Crippen LogP contribution in [-0.4, -0.2) is 22.6 Å². The van der Waals surface area contributed by atoms with Crippen LogP contribution >= 0.6 is 0 Å². The molecule has 0 aliphatic rings. The molecule has 0 saturated heterocycles. The van der Waals surface area contributed by atoms with Gasteiger partial charge in [0, 0.05) is 13.5 Å². The van der Waals surface area contributed by atoms with Crippen LogP contribution in [0.3, 0.4) is 0 Å². The van der Waals surface area contributed by atoms with Crippen LogP contribution in [-0.2, 0) is 4.79 Å². The molecule has 1 aromatic heterocycles. The molecule has 112 valence electrons. The summed E-state index contributed by atoms with van der Waals surface area (Å²) in [5, 5.41) is 10.7. The minimum Gasteiger partial charge on any atom is -0.421 e. The SMILES string of the molecule is CCCC(CN)C(=O)Nc1ccccc1-c1nnc(C)o1. The topological polar surface area (TPSA) is 94.0 Å². The van der Waals surface area contributed by atoms with Crippen LogP contribution in [0.4, 0.5) is 5.69 Å². The van der Waals surface area contributed by atoms with E-state index in [2.05, 4.69) is 15.5 Å². The van der Waals surface area contributed by atoms with E-state index in [0.717, 1.165) is 12.8 Å². The standard InChI is InChI=1S/C15H20N4O2/c1-3-6-11(9-16)14(20)17-13-8-5-4-7-12(13)15-19-18-10(2)21-15/h4-5,7-8,11H,3,6,9,16H2,1-2H3,(H,17,20). The van der Waals surface area contributed by atoms with Crippen molar-refractivity contribution in [3.8, 4) is 11.5 Å². The van der Waals surface area contributed by atoms with E-state index in [-0.39, 0.29) is 11.8 Å². The molecule has 2 aromatic rings. The normalized spacial score (nSPS) is 12.1. The fourth-order valence-electron chi connectivity index (χ4n) is 2.12. The molecular formula is C15H20N4O2. The van der Waals surface area contributed by atoms with Gasteiger partial charge in [0.05, 0.1) is 17.2 Å². The Bertz CT molecular complexity index is 609. The highest BCUT2D eigenvalue weighted by molar-refractivity contribution is 5.96. The van der Waals surface area contributed by atoms with E-state index in [0.29, 0.717) is 29.6 Å². The molecule has 0 radical (unpaired) electrons. The second-order valence-electron chi connectivity index (χ2n) is 4.88. The van der Waals surface area contributed by atoms with E-state index in [1.165, 1.54) is 0 Å². The van der Waals surface area contributed by atoms with E-state index in [4.69, 9.17) is 10.2 Å². The maximum atomic E-state index is 12.3. The lowest BCUT2D eigenvalue weighted by Gasteiger charge is -2.15. The van der Waals surface area contributed by atoms with Crippen molar-refractivity contribution in [1.29, 1.82) is 0 Å². The molecule has 0 saturated carbocycles. The number of carbonyl (C=O) groups excluding carboxylic acids is 1. The molecule has 1 heterocycles. The molecule has 6 nitrogen and oxygen atoms in total. The van der Waals surface area contributed by atoms with Crippen LogP contribution in [0.25, 0.3) is 11.5 Å². The van der Waals surface area contributed by atoms with Crippen LogP contribution < -0.4 is 11.1 Å². The Morgan fingerprint density at radius 3 is 2.76 bits per heavy atom. The summed E-state index contributed by atoms with van der Waals surface area (Å²) in [5.41, 5.74) is 7.02. The Labute approximate surface area is 123 Å².